The van der Waals surface area contributed by atoms with E-state index in [9.17, 15) is 14.7 Å². The number of nitrogens with zero attached hydrogens (tertiary/aromatic N) is 2. The fourth-order valence-electron chi connectivity index (χ4n) is 5.28. The van der Waals surface area contributed by atoms with Gasteiger partial charge in [-0.2, -0.15) is 0 Å². The Labute approximate surface area is 230 Å². The number of carbonyl (C=O) groups is 2. The molecule has 0 bridgehead atoms. The van der Waals surface area contributed by atoms with Crippen molar-refractivity contribution in [1.82, 2.24) is 4.90 Å². The molecule has 2 aromatic rings. The third-order valence-corrected chi connectivity index (χ3v) is 8.66. The second kappa shape index (κ2) is 14.8. The molecule has 2 saturated heterocycles. The van der Waals surface area contributed by atoms with E-state index in [-0.39, 0.29) is 17.9 Å². The minimum Gasteiger partial charge on any atom is -0.460 e. The van der Waals surface area contributed by atoms with Crippen LogP contribution >= 0.6 is 11.3 Å². The summed E-state index contributed by atoms with van der Waals surface area (Å²) in [4.78, 5) is 31.1. The Morgan fingerprint density at radius 2 is 1.92 bits per heavy atom. The van der Waals surface area contributed by atoms with Crippen molar-refractivity contribution >= 4 is 28.9 Å². The fraction of sp³-hybridized carbons (Fsp3) is 0.600. The van der Waals surface area contributed by atoms with E-state index >= 15 is 0 Å². The van der Waals surface area contributed by atoms with Gasteiger partial charge in [0, 0.05) is 42.7 Å². The van der Waals surface area contributed by atoms with Crippen LogP contribution in [-0.4, -0.2) is 67.4 Å². The summed E-state index contributed by atoms with van der Waals surface area (Å²) in [6, 6.07) is 11.9. The number of aliphatic hydroxyl groups excluding tert-OH is 1. The number of rotatable bonds is 14. The predicted octanol–water partition coefficient (Wildman–Crippen LogP) is 5.37. The number of amides is 1. The van der Waals surface area contributed by atoms with E-state index < -0.39 is 6.10 Å². The number of morpholine rings is 1. The maximum Gasteiger partial charge on any atom is 0.348 e. The van der Waals surface area contributed by atoms with Crippen molar-refractivity contribution < 1.29 is 24.2 Å². The van der Waals surface area contributed by atoms with Gasteiger partial charge in [0.15, 0.2) is 0 Å². The number of aryl methyl sites for hydroxylation is 1. The van der Waals surface area contributed by atoms with Gasteiger partial charge in [-0.1, -0.05) is 38.3 Å². The number of carbonyl (C=O) groups excluding carboxylic acids is 2. The zero-order valence-corrected chi connectivity index (χ0v) is 23.4. The normalized spacial score (nSPS) is 19.2. The molecule has 3 heterocycles. The quantitative estimate of drug-likeness (QED) is 0.255. The number of thiophene rings is 1. The van der Waals surface area contributed by atoms with Crippen LogP contribution < -0.4 is 4.90 Å². The Kier molecular flexibility index (Phi) is 11.2. The summed E-state index contributed by atoms with van der Waals surface area (Å²) in [5, 5.41) is 10.4. The van der Waals surface area contributed by atoms with Crippen molar-refractivity contribution in [3.63, 3.8) is 0 Å². The van der Waals surface area contributed by atoms with Gasteiger partial charge in [0.25, 0.3) is 0 Å². The van der Waals surface area contributed by atoms with Gasteiger partial charge in [0.05, 0.1) is 19.3 Å². The van der Waals surface area contributed by atoms with Crippen LogP contribution in [0.2, 0.25) is 0 Å². The minimum absolute atomic E-state index is 0.171. The lowest BCUT2D eigenvalue weighted by molar-refractivity contribution is -0.117. The van der Waals surface area contributed by atoms with Crippen LogP contribution in [0.25, 0.3) is 0 Å². The van der Waals surface area contributed by atoms with Gasteiger partial charge in [0.2, 0.25) is 5.91 Å². The molecule has 2 atom stereocenters. The van der Waals surface area contributed by atoms with E-state index in [0.29, 0.717) is 17.9 Å². The average Bonchev–Trinajstić information content (AvgIpc) is 3.56. The number of esters is 1. The van der Waals surface area contributed by atoms with Crippen LogP contribution in [0, 0.1) is 0 Å². The van der Waals surface area contributed by atoms with Crippen molar-refractivity contribution in [3.8, 4) is 0 Å². The van der Waals surface area contributed by atoms with Crippen molar-refractivity contribution in [2.75, 3.05) is 44.4 Å². The van der Waals surface area contributed by atoms with Crippen LogP contribution in [0.5, 0.6) is 0 Å². The Bertz CT molecular complexity index is 1020. The average molecular weight is 543 g/mol. The monoisotopic (exact) mass is 542 g/mol. The van der Waals surface area contributed by atoms with Gasteiger partial charge < -0.3 is 19.5 Å². The first kappa shape index (κ1) is 28.7. The van der Waals surface area contributed by atoms with Crippen LogP contribution in [-0.2, 0) is 20.7 Å². The standard InChI is InChI=1S/C30H42N2O5S/c1-2-3-4-8-27(33)23-9-11-25(12-10-23)32-24(13-16-29(32)34)6-5-7-26-14-15-28(38-26)30(35)37-22-19-31-17-20-36-21-18-31/h9-12,14-15,24,27,33H,2-8,13,16-22H2,1H3/t24?,27-/m0/s1. The number of ether oxygens (including phenoxy) is 2. The number of unbranched alkanes of at least 4 members (excludes halogenated alkanes) is 2. The van der Waals surface area contributed by atoms with Crippen LogP contribution in [0.15, 0.2) is 36.4 Å². The Morgan fingerprint density at radius 1 is 1.13 bits per heavy atom. The molecule has 208 valence electrons. The summed E-state index contributed by atoms with van der Waals surface area (Å²) in [5.74, 6) is -0.0783. The molecule has 1 unspecified atom stereocenters. The second-order valence-electron chi connectivity index (χ2n) is 10.3. The molecule has 0 radical (unpaired) electrons. The highest BCUT2D eigenvalue weighted by Crippen LogP contribution is 2.31. The zero-order chi connectivity index (χ0) is 26.7. The molecule has 2 aliphatic heterocycles. The third kappa shape index (κ3) is 8.12. The summed E-state index contributed by atoms with van der Waals surface area (Å²) in [5.41, 5.74) is 1.83. The van der Waals surface area contributed by atoms with Crippen molar-refractivity contribution in [2.24, 2.45) is 0 Å². The van der Waals surface area contributed by atoms with Crippen molar-refractivity contribution in [2.45, 2.75) is 76.9 Å². The van der Waals surface area contributed by atoms with Crippen LogP contribution in [0.1, 0.15) is 84.5 Å². The lowest BCUT2D eigenvalue weighted by atomic mass is 10.0. The molecule has 0 spiro atoms. The van der Waals surface area contributed by atoms with E-state index in [4.69, 9.17) is 9.47 Å². The van der Waals surface area contributed by atoms with Gasteiger partial charge >= 0.3 is 5.97 Å². The van der Waals surface area contributed by atoms with E-state index in [2.05, 4.69) is 11.8 Å². The number of hydrogen-bond acceptors (Lipinski definition) is 7. The number of anilines is 1. The van der Waals surface area contributed by atoms with Crippen LogP contribution in [0.3, 0.4) is 0 Å². The maximum absolute atomic E-state index is 12.7. The molecule has 7 nitrogen and oxygen atoms in total. The highest BCUT2D eigenvalue weighted by Gasteiger charge is 2.31. The lowest BCUT2D eigenvalue weighted by Gasteiger charge is -2.26. The zero-order valence-electron chi connectivity index (χ0n) is 22.6. The molecule has 0 aliphatic carbocycles. The van der Waals surface area contributed by atoms with Crippen LogP contribution in [0.4, 0.5) is 5.69 Å². The molecule has 38 heavy (non-hydrogen) atoms. The predicted molar refractivity (Wildman–Crippen MR) is 151 cm³/mol. The molecule has 1 amide bonds. The van der Waals surface area contributed by atoms with Crippen molar-refractivity contribution in [1.29, 1.82) is 0 Å². The van der Waals surface area contributed by atoms with Gasteiger partial charge in [-0.25, -0.2) is 4.79 Å². The second-order valence-corrected chi connectivity index (χ2v) is 11.5. The van der Waals surface area contributed by atoms with E-state index in [0.717, 1.165) is 95.5 Å². The molecule has 2 fully saturated rings. The third-order valence-electron chi connectivity index (χ3n) is 7.53. The molecule has 0 saturated carbocycles. The molecule has 1 aromatic heterocycles. The molecular weight excluding hydrogens is 500 g/mol. The first-order valence-corrected chi connectivity index (χ1v) is 15.0. The minimum atomic E-state index is -0.446. The van der Waals surface area contributed by atoms with E-state index in [1.54, 1.807) is 0 Å². The summed E-state index contributed by atoms with van der Waals surface area (Å²) in [6.45, 7) is 6.56. The van der Waals surface area contributed by atoms with E-state index in [1.807, 2.05) is 41.3 Å². The summed E-state index contributed by atoms with van der Waals surface area (Å²) in [7, 11) is 0. The summed E-state index contributed by atoms with van der Waals surface area (Å²) < 4.78 is 10.8. The summed E-state index contributed by atoms with van der Waals surface area (Å²) >= 11 is 1.51. The Hall–Kier alpha value is -2.26. The fourth-order valence-corrected chi connectivity index (χ4v) is 6.22. The van der Waals surface area contributed by atoms with Gasteiger partial charge in [-0.05, 0) is 61.9 Å². The largest absolute Gasteiger partial charge is 0.460 e. The Morgan fingerprint density at radius 3 is 2.68 bits per heavy atom. The number of benzene rings is 1. The van der Waals surface area contributed by atoms with E-state index in [1.165, 1.54) is 16.2 Å². The highest BCUT2D eigenvalue weighted by atomic mass is 32.1. The Balaban J connectivity index is 1.22. The molecule has 1 aromatic carbocycles. The number of aliphatic hydroxyl groups is 1. The SMILES string of the molecule is CCCCC[C@H](O)c1ccc(N2C(=O)CCC2CCCc2ccc(C(=O)OCCN3CCOCC3)s2)cc1. The van der Waals surface area contributed by atoms with Crippen molar-refractivity contribution in [3.05, 3.63) is 51.7 Å². The molecule has 4 rings (SSSR count). The molecule has 1 N–H and O–H groups in total. The smallest absolute Gasteiger partial charge is 0.348 e. The summed E-state index contributed by atoms with van der Waals surface area (Å²) in [6.07, 6.45) is 7.82. The van der Waals surface area contributed by atoms with Gasteiger partial charge in [-0.15, -0.1) is 11.3 Å². The van der Waals surface area contributed by atoms with Gasteiger partial charge in [0.1, 0.15) is 11.5 Å². The molecule has 8 heteroatoms. The lowest BCUT2D eigenvalue weighted by Crippen LogP contribution is -2.38. The first-order valence-electron chi connectivity index (χ1n) is 14.2. The number of hydrogen-bond donors (Lipinski definition) is 1. The maximum atomic E-state index is 12.7. The topological polar surface area (TPSA) is 79.3 Å². The first-order chi connectivity index (χ1) is 18.5. The van der Waals surface area contributed by atoms with Gasteiger partial charge in [-0.3, -0.25) is 9.69 Å². The molecule has 2 aliphatic rings. The molecular formula is C30H42N2O5S. The highest BCUT2D eigenvalue weighted by molar-refractivity contribution is 7.13.